The number of benzene rings is 1. The summed E-state index contributed by atoms with van der Waals surface area (Å²) in [6, 6.07) is 9.57. The van der Waals surface area contributed by atoms with E-state index in [0.29, 0.717) is 29.7 Å². The first-order chi connectivity index (χ1) is 14.1. The lowest BCUT2D eigenvalue weighted by atomic mass is 10.2. The van der Waals surface area contributed by atoms with Crippen molar-refractivity contribution >= 4 is 41.4 Å². The summed E-state index contributed by atoms with van der Waals surface area (Å²) in [4.78, 5) is 13.8. The molecule has 0 saturated carbocycles. The van der Waals surface area contributed by atoms with Crippen LogP contribution in [0.3, 0.4) is 0 Å². The van der Waals surface area contributed by atoms with Crippen molar-refractivity contribution < 1.29 is 9.47 Å². The van der Waals surface area contributed by atoms with Crippen LogP contribution in [0.25, 0.3) is 0 Å². The fourth-order valence-electron chi connectivity index (χ4n) is 3.26. The molecule has 3 N–H and O–H groups in total. The van der Waals surface area contributed by atoms with Crippen LogP contribution in [-0.4, -0.2) is 62.8 Å². The number of aromatic nitrogens is 1. The number of nitrogens with one attached hydrogen (secondary N) is 1. The van der Waals surface area contributed by atoms with Gasteiger partial charge in [-0.1, -0.05) is 13.0 Å². The molecule has 8 nitrogen and oxygen atoms in total. The number of likely N-dealkylation sites (N-methyl/N-ethyl adjacent to an activating group) is 1. The van der Waals surface area contributed by atoms with Gasteiger partial charge in [0.05, 0.1) is 26.5 Å². The summed E-state index contributed by atoms with van der Waals surface area (Å²) in [5.74, 6) is 2.69. The van der Waals surface area contributed by atoms with Gasteiger partial charge in [-0.25, -0.2) is 9.98 Å². The maximum atomic E-state index is 6.05. The molecule has 0 radical (unpaired) electrons. The number of halogens is 1. The number of guanidine groups is 1. The van der Waals surface area contributed by atoms with Crippen molar-refractivity contribution in [3.8, 4) is 11.5 Å². The first-order valence-electron chi connectivity index (χ1n) is 9.84. The third-order valence-electron chi connectivity index (χ3n) is 5.05. The molecule has 2 heterocycles. The first-order valence-corrected chi connectivity index (χ1v) is 9.84. The van der Waals surface area contributed by atoms with Crippen LogP contribution in [0.5, 0.6) is 11.5 Å². The molecule has 1 saturated heterocycles. The fraction of sp³-hybridized carbons (Fsp3) is 0.429. The molecule has 0 spiro atoms. The number of rotatable bonds is 7. The third kappa shape index (κ3) is 6.36. The topological polar surface area (TPSA) is 88.2 Å². The Labute approximate surface area is 195 Å². The summed E-state index contributed by atoms with van der Waals surface area (Å²) in [6.07, 6.45) is 1.87. The molecule has 0 amide bonds. The fourth-order valence-corrected chi connectivity index (χ4v) is 3.26. The second-order valence-electron chi connectivity index (χ2n) is 6.84. The zero-order valence-electron chi connectivity index (χ0n) is 17.8. The van der Waals surface area contributed by atoms with Gasteiger partial charge in [-0.15, -0.1) is 24.0 Å². The van der Waals surface area contributed by atoms with Crippen LogP contribution in [-0.2, 0) is 6.54 Å². The summed E-state index contributed by atoms with van der Waals surface area (Å²) in [5, 5.41) is 3.07. The van der Waals surface area contributed by atoms with Crippen LogP contribution in [0.4, 0.5) is 11.5 Å². The maximum absolute atomic E-state index is 6.05. The van der Waals surface area contributed by atoms with Crippen molar-refractivity contribution in [2.24, 2.45) is 10.7 Å². The van der Waals surface area contributed by atoms with Crippen molar-refractivity contribution in [1.29, 1.82) is 0 Å². The van der Waals surface area contributed by atoms with Gasteiger partial charge in [-0.05, 0) is 30.3 Å². The number of nitrogens with zero attached hydrogens (tertiary/aromatic N) is 4. The number of pyridine rings is 1. The lowest BCUT2D eigenvalue weighted by molar-refractivity contribution is 0.270. The van der Waals surface area contributed by atoms with Gasteiger partial charge >= 0.3 is 0 Å². The SMILES string of the molecule is CCN1CCN(c2ccc(CN=C(N)Nc3cc(OC)ccc3OC)cn2)CC1.I. The number of anilines is 2. The van der Waals surface area contributed by atoms with Crippen molar-refractivity contribution in [3.63, 3.8) is 0 Å². The smallest absolute Gasteiger partial charge is 0.193 e. The summed E-state index contributed by atoms with van der Waals surface area (Å²) in [5.41, 5.74) is 7.76. The lowest BCUT2D eigenvalue weighted by Gasteiger charge is -2.34. The predicted molar refractivity (Wildman–Crippen MR) is 132 cm³/mol. The number of ether oxygens (including phenoxy) is 2. The zero-order chi connectivity index (χ0) is 20.6. The van der Waals surface area contributed by atoms with Crippen LogP contribution in [0.15, 0.2) is 41.5 Å². The highest BCUT2D eigenvalue weighted by Gasteiger charge is 2.16. The van der Waals surface area contributed by atoms with Crippen molar-refractivity contribution in [3.05, 3.63) is 42.1 Å². The summed E-state index contributed by atoms with van der Waals surface area (Å²) in [7, 11) is 3.22. The van der Waals surface area contributed by atoms with Crippen LogP contribution < -0.4 is 25.4 Å². The minimum absolute atomic E-state index is 0. The Morgan fingerprint density at radius 1 is 1.13 bits per heavy atom. The third-order valence-corrected chi connectivity index (χ3v) is 5.05. The van der Waals surface area contributed by atoms with Gasteiger partial charge in [-0.2, -0.15) is 0 Å². The van der Waals surface area contributed by atoms with E-state index in [9.17, 15) is 0 Å². The molecule has 9 heteroatoms. The lowest BCUT2D eigenvalue weighted by Crippen LogP contribution is -2.46. The highest BCUT2D eigenvalue weighted by atomic mass is 127. The minimum atomic E-state index is 0. The number of piperazine rings is 1. The largest absolute Gasteiger partial charge is 0.497 e. The van der Waals surface area contributed by atoms with E-state index in [4.69, 9.17) is 15.2 Å². The Kier molecular flexibility index (Phi) is 9.44. The Hall–Kier alpha value is -2.27. The molecule has 1 aliphatic heterocycles. The number of nitrogens with two attached hydrogens (primary N) is 1. The van der Waals surface area contributed by atoms with E-state index in [2.05, 4.69) is 44.1 Å². The standard InChI is InChI=1S/C21H30N6O2.HI/c1-4-26-9-11-27(12-10-26)20-8-5-16(14-23-20)15-24-21(22)25-18-13-17(28-2)6-7-19(18)29-3;/h5-8,13-14H,4,9-12,15H2,1-3H3,(H3,22,24,25);1H. The Morgan fingerprint density at radius 3 is 2.50 bits per heavy atom. The van der Waals surface area contributed by atoms with Gasteiger partial charge in [0, 0.05) is 38.4 Å². The number of hydrogen-bond acceptors (Lipinski definition) is 6. The molecule has 3 rings (SSSR count). The maximum Gasteiger partial charge on any atom is 0.193 e. The van der Waals surface area contributed by atoms with Crippen LogP contribution in [0.2, 0.25) is 0 Å². The molecule has 1 aromatic heterocycles. The van der Waals surface area contributed by atoms with Gasteiger partial charge in [0.1, 0.15) is 17.3 Å². The van der Waals surface area contributed by atoms with E-state index >= 15 is 0 Å². The summed E-state index contributed by atoms with van der Waals surface area (Å²) >= 11 is 0. The van der Waals surface area contributed by atoms with Crippen molar-refractivity contribution in [2.75, 3.05) is 57.2 Å². The molecule has 2 aromatic rings. The molecule has 1 aromatic carbocycles. The van der Waals surface area contributed by atoms with Crippen LogP contribution >= 0.6 is 24.0 Å². The van der Waals surface area contributed by atoms with Gasteiger partial charge in [-0.3, -0.25) is 0 Å². The van der Waals surface area contributed by atoms with E-state index in [1.54, 1.807) is 14.2 Å². The average Bonchev–Trinajstić information content (AvgIpc) is 2.78. The van der Waals surface area contributed by atoms with Gasteiger partial charge in [0.15, 0.2) is 5.96 Å². The second kappa shape index (κ2) is 11.8. The molecule has 0 unspecified atom stereocenters. The van der Waals surface area contributed by atoms with E-state index < -0.39 is 0 Å². The molecule has 0 atom stereocenters. The Morgan fingerprint density at radius 2 is 1.90 bits per heavy atom. The summed E-state index contributed by atoms with van der Waals surface area (Å²) < 4.78 is 10.6. The van der Waals surface area contributed by atoms with Crippen LogP contribution in [0, 0.1) is 0 Å². The van der Waals surface area contributed by atoms with Gasteiger partial charge in [0.2, 0.25) is 0 Å². The number of methoxy groups -OCH3 is 2. The molecule has 1 aliphatic rings. The van der Waals surface area contributed by atoms with Gasteiger partial charge < -0.3 is 30.3 Å². The highest BCUT2D eigenvalue weighted by molar-refractivity contribution is 14.0. The quantitative estimate of drug-likeness (QED) is 0.326. The predicted octanol–water partition coefficient (Wildman–Crippen LogP) is 2.79. The molecule has 164 valence electrons. The van der Waals surface area contributed by atoms with E-state index in [1.807, 2.05) is 24.4 Å². The van der Waals surface area contributed by atoms with E-state index in [1.165, 1.54) is 0 Å². The Balaban J connectivity index is 0.00000320. The Bertz CT molecular complexity index is 823. The minimum Gasteiger partial charge on any atom is -0.497 e. The van der Waals surface area contributed by atoms with Crippen molar-refractivity contribution in [2.45, 2.75) is 13.5 Å². The molecule has 0 aliphatic carbocycles. The normalized spacial score (nSPS) is 14.8. The molecule has 1 fully saturated rings. The average molecular weight is 526 g/mol. The molecule has 30 heavy (non-hydrogen) atoms. The highest BCUT2D eigenvalue weighted by Crippen LogP contribution is 2.28. The number of aliphatic imine (C=N–C) groups is 1. The zero-order valence-corrected chi connectivity index (χ0v) is 20.1. The molecular weight excluding hydrogens is 495 g/mol. The van der Waals surface area contributed by atoms with Crippen molar-refractivity contribution in [1.82, 2.24) is 9.88 Å². The monoisotopic (exact) mass is 526 g/mol. The van der Waals surface area contributed by atoms with Gasteiger partial charge in [0.25, 0.3) is 0 Å². The van der Waals surface area contributed by atoms with E-state index in [0.717, 1.165) is 44.1 Å². The molecule has 0 bridgehead atoms. The second-order valence-corrected chi connectivity index (χ2v) is 6.84. The van der Waals surface area contributed by atoms with Crippen LogP contribution in [0.1, 0.15) is 12.5 Å². The van der Waals surface area contributed by atoms with E-state index in [-0.39, 0.29) is 24.0 Å². The summed E-state index contributed by atoms with van der Waals surface area (Å²) in [6.45, 7) is 7.95. The molecular formula is C21H31IN6O2. The number of hydrogen-bond donors (Lipinski definition) is 2. The first kappa shape index (κ1) is 24.0.